The summed E-state index contributed by atoms with van der Waals surface area (Å²) in [7, 11) is 1.72. The summed E-state index contributed by atoms with van der Waals surface area (Å²) in [6.45, 7) is 9.80. The first-order valence-electron chi connectivity index (χ1n) is 7.05. The lowest BCUT2D eigenvalue weighted by molar-refractivity contribution is 0.197. The Hall–Kier alpha value is -0.580. The van der Waals surface area contributed by atoms with Gasteiger partial charge in [0.1, 0.15) is 0 Å². The Morgan fingerprint density at radius 3 is 2.74 bits per heavy atom. The van der Waals surface area contributed by atoms with Crippen LogP contribution in [0.15, 0.2) is 0 Å². The molecular formula is C14H26ClN3O. The zero-order chi connectivity index (χ0) is 14.3. The Balaban J connectivity index is 2.59. The average molecular weight is 288 g/mol. The molecule has 1 atom stereocenters. The summed E-state index contributed by atoms with van der Waals surface area (Å²) < 4.78 is 7.06. The minimum atomic E-state index is 0.579. The zero-order valence-electron chi connectivity index (χ0n) is 12.5. The molecule has 0 saturated heterocycles. The fraction of sp³-hybridized carbons (Fsp3) is 0.786. The number of aromatic nitrogens is 2. The third-order valence-electron chi connectivity index (χ3n) is 3.43. The van der Waals surface area contributed by atoms with Gasteiger partial charge in [0.2, 0.25) is 0 Å². The van der Waals surface area contributed by atoms with Crippen LogP contribution < -0.4 is 5.32 Å². The average Bonchev–Trinajstić information content (AvgIpc) is 2.69. The van der Waals surface area contributed by atoms with Crippen LogP contribution in [0.2, 0.25) is 5.02 Å². The van der Waals surface area contributed by atoms with E-state index in [2.05, 4.69) is 24.3 Å². The highest BCUT2D eigenvalue weighted by Gasteiger charge is 2.16. The van der Waals surface area contributed by atoms with E-state index in [1.807, 2.05) is 11.6 Å². The normalized spacial score (nSPS) is 12.9. The third kappa shape index (κ3) is 4.79. The molecule has 0 radical (unpaired) electrons. The summed E-state index contributed by atoms with van der Waals surface area (Å²) in [6.07, 6.45) is 2.11. The SMILES string of the molecule is CCC(CNCCOC)Cc1c(Cl)c(C)nn1CC. The van der Waals surface area contributed by atoms with E-state index in [4.69, 9.17) is 16.3 Å². The van der Waals surface area contributed by atoms with Crippen molar-refractivity contribution >= 4 is 11.6 Å². The van der Waals surface area contributed by atoms with Crippen LogP contribution in [0.1, 0.15) is 31.7 Å². The highest BCUT2D eigenvalue weighted by molar-refractivity contribution is 6.31. The zero-order valence-corrected chi connectivity index (χ0v) is 13.3. The maximum absolute atomic E-state index is 6.35. The first kappa shape index (κ1) is 16.5. The number of aryl methyl sites for hydroxylation is 2. The van der Waals surface area contributed by atoms with E-state index < -0.39 is 0 Å². The lowest BCUT2D eigenvalue weighted by Crippen LogP contribution is -2.27. The van der Waals surface area contributed by atoms with Gasteiger partial charge in [0, 0.05) is 20.2 Å². The van der Waals surface area contributed by atoms with E-state index in [1.54, 1.807) is 7.11 Å². The van der Waals surface area contributed by atoms with E-state index in [-0.39, 0.29) is 0 Å². The molecular weight excluding hydrogens is 262 g/mol. The molecule has 1 unspecified atom stereocenters. The molecule has 0 fully saturated rings. The van der Waals surface area contributed by atoms with Crippen molar-refractivity contribution in [3.63, 3.8) is 0 Å². The Kier molecular flexibility index (Phi) is 7.42. The van der Waals surface area contributed by atoms with Gasteiger partial charge in [0.05, 0.1) is 23.0 Å². The summed E-state index contributed by atoms with van der Waals surface area (Å²) in [5.74, 6) is 0.579. The van der Waals surface area contributed by atoms with Crippen molar-refractivity contribution in [2.45, 2.75) is 40.2 Å². The van der Waals surface area contributed by atoms with E-state index in [0.29, 0.717) is 5.92 Å². The van der Waals surface area contributed by atoms with Gasteiger partial charge in [0.15, 0.2) is 0 Å². The predicted molar refractivity (Wildman–Crippen MR) is 79.9 cm³/mol. The number of hydrogen-bond acceptors (Lipinski definition) is 3. The monoisotopic (exact) mass is 287 g/mol. The van der Waals surface area contributed by atoms with Crippen LogP contribution in [-0.4, -0.2) is 36.6 Å². The molecule has 0 amide bonds. The van der Waals surface area contributed by atoms with Crippen LogP contribution in [-0.2, 0) is 17.7 Å². The maximum atomic E-state index is 6.35. The second kappa shape index (κ2) is 8.56. The lowest BCUT2D eigenvalue weighted by atomic mass is 10.00. The van der Waals surface area contributed by atoms with Gasteiger partial charge >= 0.3 is 0 Å². The fourth-order valence-corrected chi connectivity index (χ4v) is 2.39. The Labute approximate surface area is 121 Å². The maximum Gasteiger partial charge on any atom is 0.0847 e. The van der Waals surface area contributed by atoms with Gasteiger partial charge in [-0.15, -0.1) is 0 Å². The number of nitrogens with zero attached hydrogens (tertiary/aromatic N) is 2. The van der Waals surface area contributed by atoms with Gasteiger partial charge in [-0.3, -0.25) is 4.68 Å². The first-order chi connectivity index (χ1) is 9.13. The number of rotatable bonds is 9. The third-order valence-corrected chi connectivity index (χ3v) is 3.92. The smallest absolute Gasteiger partial charge is 0.0847 e. The largest absolute Gasteiger partial charge is 0.383 e. The van der Waals surface area contributed by atoms with Gasteiger partial charge in [-0.25, -0.2) is 0 Å². The van der Waals surface area contributed by atoms with Crippen molar-refractivity contribution in [2.24, 2.45) is 5.92 Å². The Bertz CT molecular complexity index is 379. The van der Waals surface area contributed by atoms with Crippen molar-refractivity contribution in [2.75, 3.05) is 26.8 Å². The number of halogens is 1. The van der Waals surface area contributed by atoms with Crippen LogP contribution >= 0.6 is 11.6 Å². The number of methoxy groups -OCH3 is 1. The quantitative estimate of drug-likeness (QED) is 0.710. The Morgan fingerprint density at radius 1 is 1.42 bits per heavy atom. The van der Waals surface area contributed by atoms with Gasteiger partial charge in [-0.05, 0) is 32.7 Å². The highest BCUT2D eigenvalue weighted by atomic mass is 35.5. The van der Waals surface area contributed by atoms with Crippen LogP contribution in [0.3, 0.4) is 0 Å². The molecule has 1 aromatic rings. The molecule has 1 N–H and O–H groups in total. The van der Waals surface area contributed by atoms with Crippen LogP contribution in [0.25, 0.3) is 0 Å². The Morgan fingerprint density at radius 2 is 2.16 bits per heavy atom. The second-order valence-corrected chi connectivity index (χ2v) is 5.22. The van der Waals surface area contributed by atoms with Gasteiger partial charge in [-0.1, -0.05) is 24.9 Å². The topological polar surface area (TPSA) is 39.1 Å². The molecule has 0 aliphatic carbocycles. The molecule has 0 aliphatic heterocycles. The molecule has 19 heavy (non-hydrogen) atoms. The van der Waals surface area contributed by atoms with Crippen LogP contribution in [0.5, 0.6) is 0 Å². The molecule has 0 aromatic carbocycles. The van der Waals surface area contributed by atoms with E-state index >= 15 is 0 Å². The minimum Gasteiger partial charge on any atom is -0.383 e. The summed E-state index contributed by atoms with van der Waals surface area (Å²) >= 11 is 6.35. The van der Waals surface area contributed by atoms with Crippen LogP contribution in [0.4, 0.5) is 0 Å². The summed E-state index contributed by atoms with van der Waals surface area (Å²) in [6, 6.07) is 0. The summed E-state index contributed by atoms with van der Waals surface area (Å²) in [5, 5.41) is 8.72. The molecule has 1 rings (SSSR count). The highest BCUT2D eigenvalue weighted by Crippen LogP contribution is 2.23. The van der Waals surface area contributed by atoms with Crippen LogP contribution in [0, 0.1) is 12.8 Å². The van der Waals surface area contributed by atoms with Gasteiger partial charge in [0.25, 0.3) is 0 Å². The van der Waals surface area contributed by atoms with Crippen molar-refractivity contribution in [1.29, 1.82) is 0 Å². The lowest BCUT2D eigenvalue weighted by Gasteiger charge is -2.16. The number of hydrogen-bond donors (Lipinski definition) is 1. The molecule has 0 spiro atoms. The standard InChI is InChI=1S/C14H26ClN3O/c1-5-12(10-16-7-8-19-4)9-13-14(15)11(3)17-18(13)6-2/h12,16H,5-10H2,1-4H3. The van der Waals surface area contributed by atoms with E-state index in [9.17, 15) is 0 Å². The number of ether oxygens (including phenoxy) is 1. The van der Waals surface area contributed by atoms with Gasteiger partial charge in [-0.2, -0.15) is 5.10 Å². The molecule has 0 saturated carbocycles. The van der Waals surface area contributed by atoms with E-state index in [1.165, 1.54) is 5.69 Å². The van der Waals surface area contributed by atoms with Crippen molar-refractivity contribution < 1.29 is 4.74 Å². The summed E-state index contributed by atoms with van der Waals surface area (Å²) in [4.78, 5) is 0. The van der Waals surface area contributed by atoms with E-state index in [0.717, 1.165) is 49.8 Å². The molecule has 0 bridgehead atoms. The molecule has 1 aromatic heterocycles. The van der Waals surface area contributed by atoms with Crippen molar-refractivity contribution in [1.82, 2.24) is 15.1 Å². The fourth-order valence-electron chi connectivity index (χ4n) is 2.18. The molecule has 110 valence electrons. The van der Waals surface area contributed by atoms with Crippen molar-refractivity contribution in [3.05, 3.63) is 16.4 Å². The molecule has 0 aliphatic rings. The molecule has 4 nitrogen and oxygen atoms in total. The predicted octanol–water partition coefficient (Wildman–Crippen LogP) is 2.67. The molecule has 1 heterocycles. The van der Waals surface area contributed by atoms with Crippen molar-refractivity contribution in [3.8, 4) is 0 Å². The number of nitrogens with one attached hydrogen (secondary N) is 1. The van der Waals surface area contributed by atoms with Gasteiger partial charge < -0.3 is 10.1 Å². The first-order valence-corrected chi connectivity index (χ1v) is 7.43. The summed E-state index contributed by atoms with van der Waals surface area (Å²) in [5.41, 5.74) is 2.10. The second-order valence-electron chi connectivity index (χ2n) is 4.84. The minimum absolute atomic E-state index is 0.579. The molecule has 5 heteroatoms.